The Morgan fingerprint density at radius 2 is 2.07 bits per heavy atom. The number of hydrogen-bond donors (Lipinski definition) is 1. The van der Waals surface area contributed by atoms with Gasteiger partial charge in [0.05, 0.1) is 4.47 Å². The monoisotopic (exact) mass is 273 g/mol. The van der Waals surface area contributed by atoms with Gasteiger partial charge in [0, 0.05) is 12.1 Å². The number of halogens is 2. The molecule has 0 bridgehead atoms. The lowest BCUT2D eigenvalue weighted by Gasteiger charge is -2.19. The molecule has 2 atom stereocenters. The first-order valence-electron chi connectivity index (χ1n) is 5.25. The van der Waals surface area contributed by atoms with Gasteiger partial charge in [0.15, 0.2) is 0 Å². The Morgan fingerprint density at radius 1 is 1.40 bits per heavy atom. The van der Waals surface area contributed by atoms with Crippen LogP contribution in [-0.2, 0) is 0 Å². The van der Waals surface area contributed by atoms with Crippen LogP contribution in [0.2, 0.25) is 0 Å². The van der Waals surface area contributed by atoms with Gasteiger partial charge in [-0.05, 0) is 53.9 Å². The van der Waals surface area contributed by atoms with E-state index in [2.05, 4.69) is 42.0 Å². The molecule has 0 saturated carbocycles. The molecule has 1 aromatic carbocycles. The number of nitrogens with one attached hydrogen (secondary N) is 1. The van der Waals surface area contributed by atoms with E-state index in [1.165, 1.54) is 0 Å². The number of rotatable bonds is 4. The van der Waals surface area contributed by atoms with E-state index in [0.29, 0.717) is 10.5 Å². The molecule has 1 nitrogen and oxygen atoms in total. The molecule has 84 valence electrons. The van der Waals surface area contributed by atoms with Crippen molar-refractivity contribution in [2.24, 2.45) is 0 Å². The lowest BCUT2D eigenvalue weighted by molar-refractivity contribution is 0.467. The molecule has 0 spiro atoms. The maximum atomic E-state index is 13.3. The summed E-state index contributed by atoms with van der Waals surface area (Å²) in [6, 6.07) is 5.89. The minimum atomic E-state index is -0.203. The molecule has 0 amide bonds. The molecule has 0 radical (unpaired) electrons. The van der Waals surface area contributed by atoms with Crippen molar-refractivity contribution in [2.45, 2.75) is 39.3 Å². The highest BCUT2D eigenvalue weighted by Gasteiger charge is 2.09. The van der Waals surface area contributed by atoms with Crippen molar-refractivity contribution in [1.29, 1.82) is 0 Å². The van der Waals surface area contributed by atoms with Crippen molar-refractivity contribution >= 4 is 15.9 Å². The third-order valence-electron chi connectivity index (χ3n) is 2.59. The summed E-state index contributed by atoms with van der Waals surface area (Å²) in [6.45, 7) is 6.31. The summed E-state index contributed by atoms with van der Waals surface area (Å²) in [6.07, 6.45) is 1.07. The standard InChI is InChI=1S/C12H17BrFN/c1-4-8(2)15-9(3)10-5-6-11(13)12(14)7-10/h5-9,15H,4H2,1-3H3. The molecular formula is C12H17BrFN. The van der Waals surface area contributed by atoms with E-state index in [-0.39, 0.29) is 11.9 Å². The van der Waals surface area contributed by atoms with Crippen LogP contribution >= 0.6 is 15.9 Å². The number of hydrogen-bond acceptors (Lipinski definition) is 1. The minimum absolute atomic E-state index is 0.183. The first-order valence-corrected chi connectivity index (χ1v) is 6.05. The van der Waals surface area contributed by atoms with E-state index in [9.17, 15) is 4.39 Å². The zero-order valence-corrected chi connectivity index (χ0v) is 10.9. The fraction of sp³-hybridized carbons (Fsp3) is 0.500. The molecule has 1 rings (SSSR count). The van der Waals surface area contributed by atoms with Crippen molar-refractivity contribution in [1.82, 2.24) is 5.32 Å². The molecule has 0 fully saturated rings. The summed E-state index contributed by atoms with van der Waals surface area (Å²) in [4.78, 5) is 0. The molecular weight excluding hydrogens is 257 g/mol. The van der Waals surface area contributed by atoms with Gasteiger partial charge in [-0.2, -0.15) is 0 Å². The van der Waals surface area contributed by atoms with Crippen LogP contribution in [0.3, 0.4) is 0 Å². The van der Waals surface area contributed by atoms with E-state index < -0.39 is 0 Å². The fourth-order valence-corrected chi connectivity index (χ4v) is 1.67. The molecule has 3 heteroatoms. The molecule has 0 aromatic heterocycles. The van der Waals surface area contributed by atoms with E-state index in [0.717, 1.165) is 12.0 Å². The largest absolute Gasteiger partial charge is 0.308 e. The Bertz CT molecular complexity index is 327. The van der Waals surface area contributed by atoms with Gasteiger partial charge in [-0.3, -0.25) is 0 Å². The second-order valence-electron chi connectivity index (χ2n) is 3.87. The van der Waals surface area contributed by atoms with Gasteiger partial charge in [0.25, 0.3) is 0 Å². The summed E-state index contributed by atoms with van der Waals surface area (Å²) in [7, 11) is 0. The lowest BCUT2D eigenvalue weighted by Crippen LogP contribution is -2.28. The van der Waals surface area contributed by atoms with Gasteiger partial charge in [-0.25, -0.2) is 4.39 Å². The molecule has 0 aliphatic heterocycles. The van der Waals surface area contributed by atoms with Gasteiger partial charge in [-0.1, -0.05) is 13.0 Å². The first kappa shape index (κ1) is 12.7. The van der Waals surface area contributed by atoms with Crippen LogP contribution in [-0.4, -0.2) is 6.04 Å². The van der Waals surface area contributed by atoms with Gasteiger partial charge in [-0.15, -0.1) is 0 Å². The highest BCUT2D eigenvalue weighted by Crippen LogP contribution is 2.20. The van der Waals surface area contributed by atoms with Crippen molar-refractivity contribution in [3.05, 3.63) is 34.1 Å². The van der Waals surface area contributed by atoms with Crippen LogP contribution in [0.4, 0.5) is 4.39 Å². The Labute approximate surface area is 99.2 Å². The summed E-state index contributed by atoms with van der Waals surface area (Å²) in [5, 5.41) is 3.41. The fourth-order valence-electron chi connectivity index (χ4n) is 1.42. The molecule has 0 heterocycles. The summed E-state index contributed by atoms with van der Waals surface area (Å²) in [5.74, 6) is -0.203. The van der Waals surface area contributed by atoms with E-state index in [4.69, 9.17) is 0 Å². The van der Waals surface area contributed by atoms with Crippen LogP contribution in [0.5, 0.6) is 0 Å². The van der Waals surface area contributed by atoms with Crippen LogP contribution in [0.15, 0.2) is 22.7 Å². The molecule has 0 saturated heterocycles. The van der Waals surface area contributed by atoms with Crippen LogP contribution in [0, 0.1) is 5.82 Å². The highest BCUT2D eigenvalue weighted by atomic mass is 79.9. The van der Waals surface area contributed by atoms with Crippen molar-refractivity contribution in [3.63, 3.8) is 0 Å². The maximum absolute atomic E-state index is 13.3. The quantitative estimate of drug-likeness (QED) is 0.873. The van der Waals surface area contributed by atoms with Gasteiger partial charge >= 0.3 is 0 Å². The second-order valence-corrected chi connectivity index (χ2v) is 4.73. The SMILES string of the molecule is CCC(C)NC(C)c1ccc(Br)c(F)c1. The van der Waals surface area contributed by atoms with E-state index in [1.54, 1.807) is 12.1 Å². The third kappa shape index (κ3) is 3.58. The maximum Gasteiger partial charge on any atom is 0.137 e. The van der Waals surface area contributed by atoms with Crippen LogP contribution < -0.4 is 5.32 Å². The van der Waals surface area contributed by atoms with Crippen LogP contribution in [0.1, 0.15) is 38.8 Å². The van der Waals surface area contributed by atoms with Crippen molar-refractivity contribution < 1.29 is 4.39 Å². The minimum Gasteiger partial charge on any atom is -0.308 e. The third-order valence-corrected chi connectivity index (χ3v) is 3.23. The molecule has 0 aliphatic rings. The topological polar surface area (TPSA) is 12.0 Å². The summed E-state index contributed by atoms with van der Waals surface area (Å²) in [5.41, 5.74) is 0.982. The van der Waals surface area contributed by atoms with E-state index >= 15 is 0 Å². The average Bonchev–Trinajstić information content (AvgIpc) is 2.21. The molecule has 1 N–H and O–H groups in total. The number of benzene rings is 1. The molecule has 1 aromatic rings. The molecule has 2 unspecified atom stereocenters. The normalized spacial score (nSPS) is 15.0. The van der Waals surface area contributed by atoms with Crippen molar-refractivity contribution in [2.75, 3.05) is 0 Å². The lowest BCUT2D eigenvalue weighted by atomic mass is 10.1. The van der Waals surface area contributed by atoms with Gasteiger partial charge in [0.1, 0.15) is 5.82 Å². The average molecular weight is 274 g/mol. The second kappa shape index (κ2) is 5.61. The molecule has 0 aliphatic carbocycles. The predicted molar refractivity (Wildman–Crippen MR) is 65.4 cm³/mol. The predicted octanol–water partition coefficient (Wildman–Crippen LogP) is 4.04. The zero-order chi connectivity index (χ0) is 11.4. The van der Waals surface area contributed by atoms with E-state index in [1.807, 2.05) is 6.07 Å². The summed E-state index contributed by atoms with van der Waals surface area (Å²) >= 11 is 3.15. The Kier molecular flexibility index (Phi) is 4.74. The van der Waals surface area contributed by atoms with Crippen LogP contribution in [0.25, 0.3) is 0 Å². The highest BCUT2D eigenvalue weighted by molar-refractivity contribution is 9.10. The smallest absolute Gasteiger partial charge is 0.137 e. The van der Waals surface area contributed by atoms with Gasteiger partial charge < -0.3 is 5.32 Å². The first-order chi connectivity index (χ1) is 7.04. The Morgan fingerprint density at radius 3 is 2.60 bits per heavy atom. The summed E-state index contributed by atoms with van der Waals surface area (Å²) < 4.78 is 13.8. The van der Waals surface area contributed by atoms with Gasteiger partial charge in [0.2, 0.25) is 0 Å². The molecule has 15 heavy (non-hydrogen) atoms. The Hall–Kier alpha value is -0.410. The Balaban J connectivity index is 2.73. The van der Waals surface area contributed by atoms with Crippen molar-refractivity contribution in [3.8, 4) is 0 Å². The zero-order valence-electron chi connectivity index (χ0n) is 9.35.